The van der Waals surface area contributed by atoms with Crippen molar-refractivity contribution >= 4 is 75.0 Å². The van der Waals surface area contributed by atoms with Gasteiger partial charge in [-0.15, -0.1) is 0 Å². The predicted octanol–water partition coefficient (Wildman–Crippen LogP) is 8.22. The van der Waals surface area contributed by atoms with Crippen LogP contribution in [0, 0.1) is 0 Å². The van der Waals surface area contributed by atoms with E-state index in [4.69, 9.17) is 23.7 Å². The highest BCUT2D eigenvalue weighted by Crippen LogP contribution is 2.54. The molecule has 4 N–H and O–H groups in total. The standard InChI is InChI=1S/C54H68N2O16S3/c1-53(25-15-37-73(59,60)61)48(56(28-30-68-3)45-23-21-40-16-12-13-17-42(40)51(45)53)18-9-6-5-7-10-19-49-54(2,26-29-70-33-34-72-36-35-71-32-31-69-4)52-44-38-41(74(62,63)64)39-47(75(65,66)67)43(44)22-24-46(52)55(49)27-14-8-11-20-50(57)58/h5-7,9-10,12-13,16-19,21-24,38-39H,8,11,14-15,20,25-37H2,1-4H3,(H3-,57,58,59,60,61,62,63,64,65,66,67)/p+1. The Labute approximate surface area is 440 Å². The summed E-state index contributed by atoms with van der Waals surface area (Å²) in [6, 6.07) is 17.3. The second-order valence-electron chi connectivity index (χ2n) is 18.8. The third-order valence-electron chi connectivity index (χ3n) is 13.7. The predicted molar refractivity (Wildman–Crippen MR) is 287 cm³/mol. The average molecular weight is 1100 g/mol. The summed E-state index contributed by atoms with van der Waals surface area (Å²) in [6.45, 7) is 7.68. The van der Waals surface area contributed by atoms with Crippen molar-refractivity contribution in [2.24, 2.45) is 0 Å². The maximum absolute atomic E-state index is 12.9. The lowest BCUT2D eigenvalue weighted by atomic mass is 9.74. The minimum atomic E-state index is -5.01. The molecule has 0 radical (unpaired) electrons. The van der Waals surface area contributed by atoms with Gasteiger partial charge in [-0.3, -0.25) is 18.5 Å². The van der Waals surface area contributed by atoms with E-state index in [1.54, 1.807) is 20.3 Å². The zero-order chi connectivity index (χ0) is 54.4. The summed E-state index contributed by atoms with van der Waals surface area (Å²) in [5, 5.41) is 11.6. The lowest BCUT2D eigenvalue weighted by molar-refractivity contribution is -0.441. The van der Waals surface area contributed by atoms with Crippen LogP contribution in [-0.2, 0) is 69.7 Å². The maximum atomic E-state index is 12.9. The maximum Gasteiger partial charge on any atom is 0.303 e. The molecule has 0 bridgehead atoms. The number of allylic oxidation sites excluding steroid dienone is 8. The molecule has 0 fully saturated rings. The first-order valence-corrected chi connectivity index (χ1v) is 29.3. The molecule has 0 aromatic heterocycles. The van der Waals surface area contributed by atoms with Crippen molar-refractivity contribution in [2.75, 3.05) is 90.8 Å². The summed E-state index contributed by atoms with van der Waals surface area (Å²) in [7, 11) is -11.0. The number of fused-ring (bicyclic) bond motifs is 6. The van der Waals surface area contributed by atoms with Gasteiger partial charge in [0, 0.05) is 73.7 Å². The van der Waals surface area contributed by atoms with Crippen molar-refractivity contribution in [1.82, 2.24) is 0 Å². The van der Waals surface area contributed by atoms with Gasteiger partial charge in [0.2, 0.25) is 5.69 Å². The van der Waals surface area contributed by atoms with Crippen LogP contribution in [0.1, 0.15) is 69.9 Å². The van der Waals surface area contributed by atoms with Crippen molar-refractivity contribution in [2.45, 2.75) is 79.4 Å². The number of ether oxygens (including phenoxy) is 5. The van der Waals surface area contributed by atoms with E-state index in [2.05, 4.69) is 29.7 Å². The molecule has 6 rings (SSSR count). The minimum absolute atomic E-state index is 0.00850. The van der Waals surface area contributed by atoms with Gasteiger partial charge in [-0.1, -0.05) is 67.1 Å². The van der Waals surface area contributed by atoms with E-state index >= 15 is 0 Å². The number of aliphatic carboxylic acids is 1. The molecule has 18 nitrogen and oxygen atoms in total. The van der Waals surface area contributed by atoms with Gasteiger partial charge in [0.05, 0.1) is 55.7 Å². The molecular weight excluding hydrogens is 1030 g/mol. The topological polar surface area (TPSA) is 253 Å². The van der Waals surface area contributed by atoms with Crippen molar-refractivity contribution in [3.8, 4) is 0 Å². The number of nitrogens with zero attached hydrogens (tertiary/aromatic N) is 2. The molecule has 2 unspecified atom stereocenters. The zero-order valence-electron chi connectivity index (χ0n) is 42.8. The molecule has 0 aliphatic carbocycles. The second kappa shape index (κ2) is 26.3. The quantitative estimate of drug-likeness (QED) is 0.0160. The number of anilines is 1. The van der Waals surface area contributed by atoms with Crippen LogP contribution in [0.4, 0.5) is 11.4 Å². The average Bonchev–Trinajstić information content (AvgIpc) is 3.73. The summed E-state index contributed by atoms with van der Waals surface area (Å²) in [5.74, 6) is -1.29. The van der Waals surface area contributed by atoms with Crippen LogP contribution in [0.5, 0.6) is 0 Å². The Hall–Kier alpha value is -5.17. The van der Waals surface area contributed by atoms with Gasteiger partial charge < -0.3 is 33.7 Å². The highest BCUT2D eigenvalue weighted by atomic mass is 32.2. The van der Waals surface area contributed by atoms with Gasteiger partial charge in [0.15, 0.2) is 12.3 Å². The summed E-state index contributed by atoms with van der Waals surface area (Å²) in [4.78, 5) is 12.0. The van der Waals surface area contributed by atoms with Gasteiger partial charge in [-0.05, 0) is 98.0 Å². The Morgan fingerprint density at radius 1 is 0.653 bits per heavy atom. The van der Waals surface area contributed by atoms with Crippen molar-refractivity contribution in [1.29, 1.82) is 0 Å². The van der Waals surface area contributed by atoms with Crippen molar-refractivity contribution in [3.63, 3.8) is 0 Å². The Kier molecular flexibility index (Phi) is 20.7. The van der Waals surface area contributed by atoms with Crippen LogP contribution in [0.3, 0.4) is 0 Å². The molecule has 4 aromatic carbocycles. The normalized spacial score (nSPS) is 18.8. The van der Waals surface area contributed by atoms with Gasteiger partial charge in [-0.25, -0.2) is 0 Å². The molecule has 408 valence electrons. The number of rotatable bonds is 31. The smallest absolute Gasteiger partial charge is 0.303 e. The van der Waals surface area contributed by atoms with Crippen LogP contribution < -0.4 is 4.90 Å². The molecule has 0 amide bonds. The zero-order valence-corrected chi connectivity index (χ0v) is 45.3. The first-order valence-electron chi connectivity index (χ1n) is 24.8. The molecule has 0 saturated heterocycles. The fraction of sp³-hybridized carbons (Fsp3) is 0.444. The summed E-state index contributed by atoms with van der Waals surface area (Å²) in [5.41, 5.74) is 3.20. The van der Waals surface area contributed by atoms with E-state index in [9.17, 15) is 48.8 Å². The first kappa shape index (κ1) is 59.1. The molecular formula is C54H69N2O16S3+. The van der Waals surface area contributed by atoms with Crippen LogP contribution in [-0.4, -0.2) is 146 Å². The van der Waals surface area contributed by atoms with E-state index in [0.29, 0.717) is 89.5 Å². The fourth-order valence-corrected chi connectivity index (χ4v) is 12.1. The molecule has 4 aromatic rings. The molecule has 21 heteroatoms. The Morgan fingerprint density at radius 2 is 1.32 bits per heavy atom. The highest BCUT2D eigenvalue weighted by molar-refractivity contribution is 7.87. The van der Waals surface area contributed by atoms with Gasteiger partial charge >= 0.3 is 5.97 Å². The summed E-state index contributed by atoms with van der Waals surface area (Å²) < 4.78 is 135. The fourth-order valence-electron chi connectivity index (χ4n) is 10.2. The second-order valence-corrected chi connectivity index (χ2v) is 23.2. The lowest BCUT2D eigenvalue weighted by Gasteiger charge is -2.31. The number of methoxy groups -OCH3 is 2. The van der Waals surface area contributed by atoms with Crippen LogP contribution >= 0.6 is 0 Å². The third-order valence-corrected chi connectivity index (χ3v) is 16.2. The molecule has 0 spiro atoms. The molecule has 0 saturated carbocycles. The number of benzene rings is 4. The number of carboxylic acid groups (broad SMARTS) is 1. The molecule has 2 aliphatic heterocycles. The van der Waals surface area contributed by atoms with Crippen molar-refractivity contribution < 1.29 is 77.1 Å². The SMILES string of the molecule is COCCOCCOCCOCCC1(C)\C(=C/C=C/C=C/C=C/C2=[N+](CCOC)c3ccc4ccccc4c3C2(C)CCCS(=O)(=O)O)N(CCCCCC(=O)O)c2ccc3c(S(=O)(=O)O)cc(S(=O)(=O)O)cc3c21. The van der Waals surface area contributed by atoms with Crippen LogP contribution in [0.15, 0.2) is 119 Å². The molecule has 2 heterocycles. The van der Waals surface area contributed by atoms with E-state index in [0.717, 1.165) is 39.5 Å². The van der Waals surface area contributed by atoms with E-state index in [-0.39, 0.29) is 49.2 Å². The largest absolute Gasteiger partial charge is 0.481 e. The van der Waals surface area contributed by atoms with E-state index in [1.165, 1.54) is 12.1 Å². The van der Waals surface area contributed by atoms with Gasteiger partial charge in [0.1, 0.15) is 11.5 Å². The summed E-state index contributed by atoms with van der Waals surface area (Å²) >= 11 is 0. The van der Waals surface area contributed by atoms with Crippen molar-refractivity contribution in [3.05, 3.63) is 120 Å². The summed E-state index contributed by atoms with van der Waals surface area (Å²) in [6.07, 6.45) is 15.7. The minimum Gasteiger partial charge on any atom is -0.481 e. The molecule has 2 aliphatic rings. The third kappa shape index (κ3) is 14.9. The first-order chi connectivity index (χ1) is 35.7. The van der Waals surface area contributed by atoms with Crippen LogP contribution in [0.2, 0.25) is 0 Å². The highest BCUT2D eigenvalue weighted by Gasteiger charge is 2.49. The number of hydrogen-bond donors (Lipinski definition) is 4. The van der Waals surface area contributed by atoms with E-state index < -0.39 is 56.9 Å². The van der Waals surface area contributed by atoms with Gasteiger partial charge in [0.25, 0.3) is 30.4 Å². The Bertz CT molecular complexity index is 3190. The van der Waals surface area contributed by atoms with Gasteiger partial charge in [-0.2, -0.15) is 29.8 Å². The monoisotopic (exact) mass is 1100 g/mol. The van der Waals surface area contributed by atoms with Crippen LogP contribution in [0.25, 0.3) is 21.5 Å². The number of hydrogen-bond acceptors (Lipinski definition) is 13. The number of unbranched alkanes of at least 4 members (excludes halogenated alkanes) is 2. The Balaban J connectivity index is 1.38. The number of carboxylic acids is 1. The Morgan fingerprint density at radius 3 is 1.99 bits per heavy atom. The lowest BCUT2D eigenvalue weighted by Crippen LogP contribution is -2.32. The number of carbonyl (C=O) groups is 1. The van der Waals surface area contributed by atoms with E-state index in [1.807, 2.05) is 72.6 Å². The molecule has 2 atom stereocenters. The molecule has 75 heavy (non-hydrogen) atoms.